The number of aromatic nitrogens is 1. The normalized spacial score (nSPS) is 10.9. The Bertz CT molecular complexity index is 1410. The molecule has 0 atom stereocenters. The molecule has 1 N–H and O–H groups in total. The van der Waals surface area contributed by atoms with Crippen LogP contribution in [0.5, 0.6) is 5.88 Å². The van der Waals surface area contributed by atoms with Gasteiger partial charge in [0.2, 0.25) is 11.8 Å². The summed E-state index contributed by atoms with van der Waals surface area (Å²) in [4.78, 5) is 30.2. The molecule has 5 nitrogen and oxygen atoms in total. The number of nitrogens with one attached hydrogen (secondary N) is 1. The van der Waals surface area contributed by atoms with Crippen molar-refractivity contribution in [3.8, 4) is 5.88 Å². The molecule has 3 aromatic carbocycles. The van der Waals surface area contributed by atoms with Crippen LogP contribution >= 0.6 is 0 Å². The van der Waals surface area contributed by atoms with Gasteiger partial charge in [0, 0.05) is 23.0 Å². The van der Waals surface area contributed by atoms with Crippen LogP contribution in [-0.2, 0) is 30.7 Å². The molecule has 0 aliphatic rings. The van der Waals surface area contributed by atoms with Crippen LogP contribution in [0.15, 0.2) is 97.2 Å². The average molecular weight is 505 g/mol. The van der Waals surface area contributed by atoms with Crippen molar-refractivity contribution in [1.82, 2.24) is 4.98 Å². The maximum absolute atomic E-state index is 13.0. The van der Waals surface area contributed by atoms with Crippen molar-refractivity contribution < 1.29 is 14.3 Å². The van der Waals surface area contributed by atoms with Crippen LogP contribution in [0.1, 0.15) is 52.0 Å². The molecule has 4 rings (SSSR count). The second-order valence-electron chi connectivity index (χ2n) is 8.95. The molecule has 1 amide bonds. The van der Waals surface area contributed by atoms with Crippen molar-refractivity contribution in [3.05, 3.63) is 131 Å². The molecule has 1 heterocycles. The minimum Gasteiger partial charge on any atom is -0.472 e. The number of carbonyl (C=O) groups is 2. The lowest BCUT2D eigenvalue weighted by atomic mass is 10.0. The van der Waals surface area contributed by atoms with E-state index in [1.165, 1.54) is 6.08 Å². The van der Waals surface area contributed by atoms with Gasteiger partial charge in [-0.25, -0.2) is 4.98 Å². The van der Waals surface area contributed by atoms with Gasteiger partial charge in [0.25, 0.3) is 0 Å². The Balaban J connectivity index is 1.42. The highest BCUT2D eigenvalue weighted by atomic mass is 16.5. The molecule has 0 saturated heterocycles. The molecular formula is C33H32N2O3. The van der Waals surface area contributed by atoms with E-state index in [1.54, 1.807) is 36.5 Å². The number of amides is 1. The largest absolute Gasteiger partial charge is 0.472 e. The SMILES string of the molecule is CCc1cccc(CC)c1NC(=O)Cc1cccc(C(=O)C=Cc2cccnc2OCc2ccccc2)c1. The van der Waals surface area contributed by atoms with Crippen LogP contribution in [0.3, 0.4) is 0 Å². The van der Waals surface area contributed by atoms with E-state index in [4.69, 9.17) is 4.74 Å². The molecule has 4 aromatic rings. The number of aryl methyl sites for hydroxylation is 2. The third-order valence-corrected chi connectivity index (χ3v) is 6.27. The quantitative estimate of drug-likeness (QED) is 0.179. The first-order valence-electron chi connectivity index (χ1n) is 12.9. The fraction of sp³-hybridized carbons (Fsp3) is 0.182. The summed E-state index contributed by atoms with van der Waals surface area (Å²) in [5, 5.41) is 3.10. The van der Waals surface area contributed by atoms with E-state index < -0.39 is 0 Å². The van der Waals surface area contributed by atoms with Gasteiger partial charge < -0.3 is 10.1 Å². The molecule has 38 heavy (non-hydrogen) atoms. The van der Waals surface area contributed by atoms with Crippen LogP contribution in [0.4, 0.5) is 5.69 Å². The summed E-state index contributed by atoms with van der Waals surface area (Å²) in [6.45, 7) is 4.55. The van der Waals surface area contributed by atoms with Crippen molar-refractivity contribution >= 4 is 23.5 Å². The fourth-order valence-corrected chi connectivity index (χ4v) is 4.25. The summed E-state index contributed by atoms with van der Waals surface area (Å²) in [5.74, 6) is 0.204. The summed E-state index contributed by atoms with van der Waals surface area (Å²) >= 11 is 0. The number of para-hydroxylation sites is 1. The number of pyridine rings is 1. The molecule has 5 heteroatoms. The van der Waals surface area contributed by atoms with Crippen LogP contribution in [-0.4, -0.2) is 16.7 Å². The lowest BCUT2D eigenvalue weighted by Crippen LogP contribution is -2.17. The Labute approximate surface area is 224 Å². The number of rotatable bonds is 11. The fourth-order valence-electron chi connectivity index (χ4n) is 4.25. The molecule has 0 bridgehead atoms. The molecule has 1 aromatic heterocycles. The zero-order valence-electron chi connectivity index (χ0n) is 21.8. The monoisotopic (exact) mass is 504 g/mol. The second-order valence-corrected chi connectivity index (χ2v) is 8.95. The number of anilines is 1. The smallest absolute Gasteiger partial charge is 0.228 e. The van der Waals surface area contributed by atoms with Crippen LogP contribution < -0.4 is 10.1 Å². The zero-order chi connectivity index (χ0) is 26.7. The summed E-state index contributed by atoms with van der Waals surface area (Å²) in [6.07, 6.45) is 6.76. The van der Waals surface area contributed by atoms with E-state index in [2.05, 4.69) is 24.1 Å². The lowest BCUT2D eigenvalue weighted by molar-refractivity contribution is -0.115. The number of ether oxygens (including phenoxy) is 1. The van der Waals surface area contributed by atoms with Crippen molar-refractivity contribution in [2.24, 2.45) is 0 Å². The number of nitrogens with zero attached hydrogens (tertiary/aromatic N) is 1. The van der Waals surface area contributed by atoms with Gasteiger partial charge in [0.05, 0.1) is 6.42 Å². The van der Waals surface area contributed by atoms with E-state index in [1.807, 2.05) is 60.7 Å². The second kappa shape index (κ2) is 13.2. The molecular weight excluding hydrogens is 472 g/mol. The first-order valence-corrected chi connectivity index (χ1v) is 12.9. The van der Waals surface area contributed by atoms with Crippen LogP contribution in [0, 0.1) is 0 Å². The van der Waals surface area contributed by atoms with Gasteiger partial charge in [0.15, 0.2) is 5.78 Å². The first kappa shape index (κ1) is 26.6. The predicted octanol–water partition coefficient (Wildman–Crippen LogP) is 6.86. The average Bonchev–Trinajstić information content (AvgIpc) is 2.96. The predicted molar refractivity (Wildman–Crippen MR) is 152 cm³/mol. The van der Waals surface area contributed by atoms with Gasteiger partial charge in [-0.1, -0.05) is 80.6 Å². The maximum atomic E-state index is 13.0. The van der Waals surface area contributed by atoms with Crippen LogP contribution in [0.25, 0.3) is 6.08 Å². The molecule has 192 valence electrons. The standard InChI is InChI=1S/C33H32N2O3/c1-3-26-14-9-15-27(4-2)32(26)35-31(37)22-25-13-8-16-29(21-25)30(36)19-18-28-17-10-20-34-33(28)38-23-24-11-6-5-7-12-24/h5-21H,3-4,22-23H2,1-2H3,(H,35,37). The van der Waals surface area contributed by atoms with E-state index >= 15 is 0 Å². The molecule has 0 fully saturated rings. The summed E-state index contributed by atoms with van der Waals surface area (Å²) in [5.41, 5.74) is 6.19. The Hall–Kier alpha value is -4.51. The van der Waals surface area contributed by atoms with Gasteiger partial charge >= 0.3 is 0 Å². The minimum absolute atomic E-state index is 0.101. The number of allylic oxidation sites excluding steroid dienone is 1. The number of hydrogen-bond donors (Lipinski definition) is 1. The van der Waals surface area contributed by atoms with Gasteiger partial charge in [-0.15, -0.1) is 0 Å². The molecule has 0 aliphatic heterocycles. The molecule has 0 aliphatic carbocycles. The lowest BCUT2D eigenvalue weighted by Gasteiger charge is -2.14. The number of hydrogen-bond acceptors (Lipinski definition) is 4. The van der Waals surface area contributed by atoms with Crippen molar-refractivity contribution in [1.29, 1.82) is 0 Å². The van der Waals surface area contributed by atoms with Crippen molar-refractivity contribution in [2.45, 2.75) is 39.7 Å². The Morgan fingerprint density at radius 3 is 2.29 bits per heavy atom. The topological polar surface area (TPSA) is 68.3 Å². The summed E-state index contributed by atoms with van der Waals surface area (Å²) in [7, 11) is 0. The molecule has 0 radical (unpaired) electrons. The highest BCUT2D eigenvalue weighted by molar-refractivity contribution is 6.07. The van der Waals surface area contributed by atoms with Crippen LogP contribution in [0.2, 0.25) is 0 Å². The first-order chi connectivity index (χ1) is 18.6. The highest BCUT2D eigenvalue weighted by Crippen LogP contribution is 2.23. The van der Waals surface area contributed by atoms with Gasteiger partial charge in [-0.3, -0.25) is 9.59 Å². The molecule has 0 saturated carbocycles. The third kappa shape index (κ3) is 7.04. The number of ketones is 1. The maximum Gasteiger partial charge on any atom is 0.228 e. The third-order valence-electron chi connectivity index (χ3n) is 6.27. The van der Waals surface area contributed by atoms with E-state index in [0.29, 0.717) is 23.6 Å². The van der Waals surface area contributed by atoms with E-state index in [0.717, 1.165) is 40.8 Å². The summed E-state index contributed by atoms with van der Waals surface area (Å²) < 4.78 is 5.89. The van der Waals surface area contributed by atoms with Crippen molar-refractivity contribution in [3.63, 3.8) is 0 Å². The molecule has 0 unspecified atom stereocenters. The van der Waals surface area contributed by atoms with E-state index in [9.17, 15) is 9.59 Å². The minimum atomic E-state index is -0.158. The van der Waals surface area contributed by atoms with Gasteiger partial charge in [-0.05, 0) is 65.4 Å². The summed E-state index contributed by atoms with van der Waals surface area (Å²) in [6, 6.07) is 26.8. The molecule has 0 spiro atoms. The number of benzene rings is 3. The Morgan fingerprint density at radius 2 is 1.55 bits per heavy atom. The Kier molecular flexibility index (Phi) is 9.19. The van der Waals surface area contributed by atoms with Crippen molar-refractivity contribution in [2.75, 3.05) is 5.32 Å². The zero-order valence-corrected chi connectivity index (χ0v) is 21.8. The van der Waals surface area contributed by atoms with Gasteiger partial charge in [-0.2, -0.15) is 0 Å². The highest BCUT2D eigenvalue weighted by Gasteiger charge is 2.12. The Morgan fingerprint density at radius 1 is 0.842 bits per heavy atom. The number of carbonyl (C=O) groups excluding carboxylic acids is 2. The van der Waals surface area contributed by atoms with E-state index in [-0.39, 0.29) is 18.1 Å². The van der Waals surface area contributed by atoms with Gasteiger partial charge in [0.1, 0.15) is 6.61 Å².